The van der Waals surface area contributed by atoms with Crippen molar-refractivity contribution in [1.82, 2.24) is 15.0 Å². The highest BCUT2D eigenvalue weighted by molar-refractivity contribution is 7.92. The molecule has 0 aliphatic heterocycles. The summed E-state index contributed by atoms with van der Waals surface area (Å²) in [6.45, 7) is -0.523. The first-order valence-corrected chi connectivity index (χ1v) is 8.37. The number of hydrogen-bond acceptors (Lipinski definition) is 7. The van der Waals surface area contributed by atoms with Crippen LogP contribution in [-0.4, -0.2) is 41.6 Å². The lowest BCUT2D eigenvalue weighted by Gasteiger charge is -2.13. The van der Waals surface area contributed by atoms with Crippen LogP contribution in [-0.2, 0) is 23.1 Å². The number of benzene rings is 1. The van der Waals surface area contributed by atoms with E-state index in [1.54, 1.807) is 4.72 Å². The highest BCUT2D eigenvalue weighted by atomic mass is 32.2. The Bertz CT molecular complexity index is 858. The van der Waals surface area contributed by atoms with Crippen LogP contribution in [0.2, 0.25) is 0 Å². The lowest BCUT2D eigenvalue weighted by atomic mass is 10.1. The van der Waals surface area contributed by atoms with Crippen LogP contribution >= 0.6 is 0 Å². The largest absolute Gasteiger partial charge is 0.467 e. The number of sulfonamides is 1. The summed E-state index contributed by atoms with van der Waals surface area (Å²) in [4.78, 5) is 11.5. The number of hydrogen-bond donors (Lipinski definition) is 2. The second-order valence-electron chi connectivity index (χ2n) is 4.71. The summed E-state index contributed by atoms with van der Waals surface area (Å²) in [7, 11) is -3.22. The lowest BCUT2D eigenvalue weighted by Crippen LogP contribution is -2.17. The van der Waals surface area contributed by atoms with E-state index in [0.717, 1.165) is 12.1 Å². The van der Waals surface area contributed by atoms with Crippen molar-refractivity contribution >= 4 is 15.7 Å². The van der Waals surface area contributed by atoms with E-state index >= 15 is 0 Å². The topological polar surface area (TPSA) is 114 Å². The van der Waals surface area contributed by atoms with E-state index in [1.807, 2.05) is 0 Å². The van der Waals surface area contributed by atoms with Gasteiger partial charge in [-0.25, -0.2) is 26.6 Å². The summed E-state index contributed by atoms with van der Waals surface area (Å²) in [6, 6.07) is -0.0499. The van der Waals surface area contributed by atoms with E-state index in [2.05, 4.69) is 15.0 Å². The third kappa shape index (κ3) is 4.54. The fourth-order valence-electron chi connectivity index (χ4n) is 1.89. The summed E-state index contributed by atoms with van der Waals surface area (Å²) in [5.74, 6) is -2.83. The van der Waals surface area contributed by atoms with Crippen LogP contribution in [0.5, 0.6) is 6.01 Å². The van der Waals surface area contributed by atoms with Gasteiger partial charge in [0.1, 0.15) is 12.4 Å². The first kappa shape index (κ1) is 18.9. The fraction of sp³-hybridized carbons (Fsp3) is 0.308. The van der Waals surface area contributed by atoms with Gasteiger partial charge in [-0.2, -0.15) is 9.97 Å². The van der Waals surface area contributed by atoms with Gasteiger partial charge in [-0.1, -0.05) is 6.07 Å². The number of ether oxygens (including phenoxy) is 1. The predicted octanol–water partition coefficient (Wildman–Crippen LogP) is 0.910. The molecule has 0 aliphatic carbocycles. The van der Waals surface area contributed by atoms with Gasteiger partial charge in [-0.05, 0) is 11.6 Å². The van der Waals surface area contributed by atoms with E-state index < -0.39 is 40.0 Å². The van der Waals surface area contributed by atoms with Crippen molar-refractivity contribution in [3.8, 4) is 6.01 Å². The fourth-order valence-corrected chi connectivity index (χ4v) is 2.47. The van der Waals surface area contributed by atoms with E-state index in [9.17, 15) is 21.6 Å². The molecular formula is C13H13F3N4O4S. The number of aliphatic hydroxyl groups is 1. The van der Waals surface area contributed by atoms with Crippen LogP contribution in [0.1, 0.15) is 17.2 Å². The molecule has 2 aromatic rings. The van der Waals surface area contributed by atoms with E-state index in [1.165, 1.54) is 7.11 Å². The van der Waals surface area contributed by atoms with Crippen molar-refractivity contribution in [2.45, 2.75) is 13.0 Å². The van der Waals surface area contributed by atoms with Crippen molar-refractivity contribution in [2.75, 3.05) is 17.8 Å². The molecule has 0 atom stereocenters. The van der Waals surface area contributed by atoms with Gasteiger partial charge in [0.05, 0.1) is 12.8 Å². The molecule has 136 valence electrons. The quantitative estimate of drug-likeness (QED) is 0.736. The molecule has 0 saturated heterocycles. The zero-order valence-corrected chi connectivity index (χ0v) is 13.6. The second kappa shape index (κ2) is 7.61. The minimum Gasteiger partial charge on any atom is -0.467 e. The Morgan fingerprint density at radius 3 is 2.48 bits per heavy atom. The zero-order chi connectivity index (χ0) is 18.6. The molecule has 1 heterocycles. The molecule has 2 rings (SSSR count). The SMILES string of the molecule is COc1nc(CO)nc(Cc2ccc(F)c(F)c2NS(=O)(=O)CF)n1. The zero-order valence-electron chi connectivity index (χ0n) is 12.8. The minimum absolute atomic E-state index is 0.00241. The maximum Gasteiger partial charge on any atom is 0.319 e. The van der Waals surface area contributed by atoms with Crippen molar-refractivity contribution in [2.24, 2.45) is 0 Å². The number of rotatable bonds is 7. The lowest BCUT2D eigenvalue weighted by molar-refractivity contribution is 0.266. The van der Waals surface area contributed by atoms with Crippen LogP contribution in [0.15, 0.2) is 12.1 Å². The Labute approximate surface area is 140 Å². The van der Waals surface area contributed by atoms with Crippen LogP contribution in [0.25, 0.3) is 0 Å². The van der Waals surface area contributed by atoms with Gasteiger partial charge in [-0.3, -0.25) is 4.72 Å². The van der Waals surface area contributed by atoms with Gasteiger partial charge in [0.25, 0.3) is 10.0 Å². The maximum absolute atomic E-state index is 14.0. The van der Waals surface area contributed by atoms with Crippen LogP contribution < -0.4 is 9.46 Å². The molecule has 0 spiro atoms. The van der Waals surface area contributed by atoms with Gasteiger partial charge in [0.15, 0.2) is 17.5 Å². The number of alkyl halides is 1. The minimum atomic E-state index is -4.49. The number of methoxy groups -OCH3 is 1. The smallest absolute Gasteiger partial charge is 0.319 e. The number of aromatic nitrogens is 3. The Morgan fingerprint density at radius 1 is 1.20 bits per heavy atom. The summed E-state index contributed by atoms with van der Waals surface area (Å²) >= 11 is 0. The Balaban J connectivity index is 2.48. The van der Waals surface area contributed by atoms with Gasteiger partial charge in [0, 0.05) is 6.42 Å². The molecule has 0 fully saturated rings. The molecule has 0 bridgehead atoms. The monoisotopic (exact) mass is 378 g/mol. The predicted molar refractivity (Wildman–Crippen MR) is 80.0 cm³/mol. The standard InChI is InChI=1S/C13H13F3N4O4S/c1-24-13-18-9(17-10(5-21)19-13)4-7-2-3-8(15)11(16)12(7)20-25(22,23)6-14/h2-3,20-21H,4-6H2,1H3. The van der Waals surface area contributed by atoms with Crippen molar-refractivity contribution in [1.29, 1.82) is 0 Å². The summed E-state index contributed by atoms with van der Waals surface area (Å²) in [6.07, 6.45) is -0.257. The van der Waals surface area contributed by atoms with Crippen LogP contribution in [0, 0.1) is 11.6 Å². The molecule has 2 N–H and O–H groups in total. The molecule has 1 aromatic heterocycles. The Kier molecular flexibility index (Phi) is 5.74. The molecule has 0 radical (unpaired) electrons. The number of anilines is 1. The third-order valence-corrected chi connectivity index (χ3v) is 3.76. The van der Waals surface area contributed by atoms with E-state index in [0.29, 0.717) is 0 Å². The first-order valence-electron chi connectivity index (χ1n) is 6.71. The van der Waals surface area contributed by atoms with Crippen molar-refractivity contribution in [3.63, 3.8) is 0 Å². The van der Waals surface area contributed by atoms with Crippen molar-refractivity contribution in [3.05, 3.63) is 41.0 Å². The highest BCUT2D eigenvalue weighted by Gasteiger charge is 2.20. The number of nitrogens with zero attached hydrogens (tertiary/aromatic N) is 3. The Morgan fingerprint density at radius 2 is 1.88 bits per heavy atom. The molecular weight excluding hydrogens is 365 g/mol. The Hall–Kier alpha value is -2.47. The number of halogens is 3. The van der Waals surface area contributed by atoms with Crippen LogP contribution in [0.4, 0.5) is 18.9 Å². The number of aliphatic hydroxyl groups excluding tert-OH is 1. The van der Waals surface area contributed by atoms with E-state index in [-0.39, 0.29) is 29.6 Å². The average molecular weight is 378 g/mol. The third-order valence-electron chi connectivity index (χ3n) is 2.96. The normalized spacial score (nSPS) is 11.4. The molecule has 0 aliphatic rings. The summed E-state index contributed by atoms with van der Waals surface area (Å²) in [5.41, 5.74) is -0.796. The van der Waals surface area contributed by atoms with E-state index in [4.69, 9.17) is 9.84 Å². The van der Waals surface area contributed by atoms with Gasteiger partial charge >= 0.3 is 6.01 Å². The molecule has 12 heteroatoms. The average Bonchev–Trinajstić information content (AvgIpc) is 2.60. The first-order chi connectivity index (χ1) is 11.8. The maximum atomic E-state index is 14.0. The summed E-state index contributed by atoms with van der Waals surface area (Å²) < 4.78 is 69.1. The highest BCUT2D eigenvalue weighted by Crippen LogP contribution is 2.26. The van der Waals surface area contributed by atoms with Gasteiger partial charge in [0.2, 0.25) is 6.01 Å². The van der Waals surface area contributed by atoms with Gasteiger partial charge in [-0.15, -0.1) is 0 Å². The number of nitrogens with one attached hydrogen (secondary N) is 1. The summed E-state index contributed by atoms with van der Waals surface area (Å²) in [5, 5.41) is 9.12. The second-order valence-corrected chi connectivity index (χ2v) is 6.36. The van der Waals surface area contributed by atoms with Crippen molar-refractivity contribution < 1.29 is 31.4 Å². The molecule has 8 nitrogen and oxygen atoms in total. The molecule has 0 unspecified atom stereocenters. The molecule has 1 aromatic carbocycles. The molecule has 0 amide bonds. The molecule has 0 saturated carbocycles. The van der Waals surface area contributed by atoms with Crippen LogP contribution in [0.3, 0.4) is 0 Å². The van der Waals surface area contributed by atoms with Gasteiger partial charge < -0.3 is 9.84 Å². The molecule has 25 heavy (non-hydrogen) atoms.